The molecule has 2 rings (SSSR count). The first-order valence-electron chi connectivity index (χ1n) is 8.41. The Kier molecular flexibility index (Phi) is 6.29. The Balaban J connectivity index is 1.86. The molecule has 0 aliphatic heterocycles. The SMILES string of the molecule is CCOC(=O)C1CCC(NCC(C)(O)c2ccc(F)cc2F)CC1. The molecule has 0 saturated heterocycles. The number of carbonyl (C=O) groups excluding carboxylic acids is 1. The number of benzene rings is 1. The van der Waals surface area contributed by atoms with E-state index in [0.717, 1.165) is 37.8 Å². The normalized spacial score (nSPS) is 23.5. The highest BCUT2D eigenvalue weighted by Crippen LogP contribution is 2.27. The van der Waals surface area contributed by atoms with Crippen LogP contribution in [0.1, 0.15) is 45.1 Å². The third-order valence-electron chi connectivity index (χ3n) is 4.59. The number of rotatable bonds is 6. The minimum atomic E-state index is -1.43. The molecule has 1 aliphatic rings. The third kappa shape index (κ3) is 4.74. The van der Waals surface area contributed by atoms with Gasteiger partial charge in [-0.25, -0.2) is 8.78 Å². The van der Waals surface area contributed by atoms with Gasteiger partial charge in [0.25, 0.3) is 0 Å². The number of hydrogen-bond donors (Lipinski definition) is 2. The summed E-state index contributed by atoms with van der Waals surface area (Å²) >= 11 is 0. The summed E-state index contributed by atoms with van der Waals surface area (Å²) in [6.45, 7) is 3.84. The van der Waals surface area contributed by atoms with Crippen molar-refractivity contribution < 1.29 is 23.4 Å². The average Bonchev–Trinajstić information content (AvgIpc) is 2.53. The molecule has 6 heteroatoms. The highest BCUT2D eigenvalue weighted by atomic mass is 19.1. The van der Waals surface area contributed by atoms with Crippen LogP contribution in [0.25, 0.3) is 0 Å². The highest BCUT2D eigenvalue weighted by Gasteiger charge is 2.30. The predicted molar refractivity (Wildman–Crippen MR) is 86.3 cm³/mol. The van der Waals surface area contributed by atoms with Gasteiger partial charge >= 0.3 is 5.97 Å². The summed E-state index contributed by atoms with van der Waals surface area (Å²) in [5.41, 5.74) is -1.37. The van der Waals surface area contributed by atoms with Crippen LogP contribution in [0.3, 0.4) is 0 Å². The van der Waals surface area contributed by atoms with Gasteiger partial charge in [0.05, 0.1) is 12.5 Å². The van der Waals surface area contributed by atoms with Gasteiger partial charge in [-0.3, -0.25) is 4.79 Å². The van der Waals surface area contributed by atoms with Crippen molar-refractivity contribution in [2.45, 2.75) is 51.2 Å². The first-order valence-corrected chi connectivity index (χ1v) is 8.41. The number of carbonyl (C=O) groups is 1. The Morgan fingerprint density at radius 3 is 2.58 bits per heavy atom. The summed E-state index contributed by atoms with van der Waals surface area (Å²) in [7, 11) is 0. The minimum Gasteiger partial charge on any atom is -0.466 e. The van der Waals surface area contributed by atoms with Crippen molar-refractivity contribution >= 4 is 5.97 Å². The molecule has 1 aromatic carbocycles. The molecular formula is C18H25F2NO3. The molecule has 0 radical (unpaired) electrons. The summed E-state index contributed by atoms with van der Waals surface area (Å²) in [5, 5.41) is 13.7. The molecule has 1 atom stereocenters. The van der Waals surface area contributed by atoms with Gasteiger partial charge in [-0.2, -0.15) is 0 Å². The summed E-state index contributed by atoms with van der Waals surface area (Å²) in [6, 6.07) is 3.33. The summed E-state index contributed by atoms with van der Waals surface area (Å²) in [5.74, 6) is -1.63. The van der Waals surface area contributed by atoms with Crippen LogP contribution in [0.2, 0.25) is 0 Å². The lowest BCUT2D eigenvalue weighted by Gasteiger charge is -2.31. The molecule has 1 saturated carbocycles. The van der Waals surface area contributed by atoms with E-state index in [1.54, 1.807) is 6.92 Å². The topological polar surface area (TPSA) is 58.6 Å². The molecule has 1 unspecified atom stereocenters. The van der Waals surface area contributed by atoms with Crippen molar-refractivity contribution in [2.24, 2.45) is 5.92 Å². The molecule has 0 bridgehead atoms. The summed E-state index contributed by atoms with van der Waals surface area (Å²) in [4.78, 5) is 11.7. The van der Waals surface area contributed by atoms with Gasteiger partial charge in [0.2, 0.25) is 0 Å². The number of hydrogen-bond acceptors (Lipinski definition) is 4. The molecule has 0 heterocycles. The van der Waals surface area contributed by atoms with Crippen molar-refractivity contribution in [1.82, 2.24) is 5.32 Å². The smallest absolute Gasteiger partial charge is 0.308 e. The second-order valence-corrected chi connectivity index (χ2v) is 6.58. The zero-order valence-corrected chi connectivity index (χ0v) is 14.1. The van der Waals surface area contributed by atoms with Crippen LogP contribution in [0.4, 0.5) is 8.78 Å². The second-order valence-electron chi connectivity index (χ2n) is 6.58. The molecule has 1 aromatic rings. The van der Waals surface area contributed by atoms with E-state index in [4.69, 9.17) is 4.74 Å². The van der Waals surface area contributed by atoms with Crippen LogP contribution >= 0.6 is 0 Å². The van der Waals surface area contributed by atoms with E-state index in [9.17, 15) is 18.7 Å². The summed E-state index contributed by atoms with van der Waals surface area (Å²) in [6.07, 6.45) is 3.07. The molecule has 2 N–H and O–H groups in total. The first kappa shape index (κ1) is 18.8. The fourth-order valence-corrected chi connectivity index (χ4v) is 3.16. The standard InChI is InChI=1S/C18H25F2NO3/c1-3-24-17(22)12-4-7-14(8-5-12)21-11-18(2,23)15-9-6-13(19)10-16(15)20/h6,9-10,12,14,21,23H,3-5,7-8,11H2,1-2H3. The lowest BCUT2D eigenvalue weighted by atomic mass is 9.85. The Labute approximate surface area is 141 Å². The Hall–Kier alpha value is -1.53. The van der Waals surface area contributed by atoms with Crippen LogP contribution in [0.5, 0.6) is 0 Å². The molecule has 0 aromatic heterocycles. The maximum atomic E-state index is 13.8. The summed E-state index contributed by atoms with van der Waals surface area (Å²) < 4.78 is 31.9. The van der Waals surface area contributed by atoms with Gasteiger partial charge in [-0.05, 0) is 45.6 Å². The van der Waals surface area contributed by atoms with Gasteiger partial charge < -0.3 is 15.2 Å². The Bertz CT molecular complexity index is 569. The van der Waals surface area contributed by atoms with Gasteiger partial charge in [0.15, 0.2) is 0 Å². The van der Waals surface area contributed by atoms with E-state index in [1.807, 2.05) is 0 Å². The lowest BCUT2D eigenvalue weighted by Crippen LogP contribution is -2.43. The van der Waals surface area contributed by atoms with Crippen molar-refractivity contribution in [3.05, 3.63) is 35.4 Å². The molecular weight excluding hydrogens is 316 g/mol. The van der Waals surface area contributed by atoms with Crippen LogP contribution in [0, 0.1) is 17.6 Å². The molecule has 0 spiro atoms. The van der Waals surface area contributed by atoms with E-state index < -0.39 is 17.2 Å². The minimum absolute atomic E-state index is 0.0574. The number of esters is 1. The van der Waals surface area contributed by atoms with E-state index in [-0.39, 0.29) is 30.0 Å². The zero-order chi connectivity index (χ0) is 17.7. The average molecular weight is 341 g/mol. The first-order chi connectivity index (χ1) is 11.3. The van der Waals surface area contributed by atoms with Crippen molar-refractivity contribution in [3.8, 4) is 0 Å². The van der Waals surface area contributed by atoms with Crippen LogP contribution in [-0.2, 0) is 15.1 Å². The fourth-order valence-electron chi connectivity index (χ4n) is 3.16. The zero-order valence-electron chi connectivity index (χ0n) is 14.1. The van der Waals surface area contributed by atoms with Crippen LogP contribution in [0.15, 0.2) is 18.2 Å². The van der Waals surface area contributed by atoms with Gasteiger partial charge in [0, 0.05) is 24.2 Å². The maximum absolute atomic E-state index is 13.8. The molecule has 4 nitrogen and oxygen atoms in total. The van der Waals surface area contributed by atoms with Crippen LogP contribution < -0.4 is 5.32 Å². The highest BCUT2D eigenvalue weighted by molar-refractivity contribution is 5.72. The molecule has 0 amide bonds. The predicted octanol–water partition coefficient (Wildman–Crippen LogP) is 2.88. The van der Waals surface area contributed by atoms with Crippen molar-refractivity contribution in [1.29, 1.82) is 0 Å². The van der Waals surface area contributed by atoms with Gasteiger partial charge in [-0.1, -0.05) is 6.07 Å². The number of halogens is 2. The monoisotopic (exact) mass is 341 g/mol. The quantitative estimate of drug-likeness (QED) is 0.781. The lowest BCUT2D eigenvalue weighted by molar-refractivity contribution is -0.149. The Morgan fingerprint density at radius 1 is 1.33 bits per heavy atom. The van der Waals surface area contributed by atoms with E-state index in [1.165, 1.54) is 13.0 Å². The van der Waals surface area contributed by atoms with E-state index in [0.29, 0.717) is 6.61 Å². The van der Waals surface area contributed by atoms with Crippen molar-refractivity contribution in [3.63, 3.8) is 0 Å². The Morgan fingerprint density at radius 2 is 2.00 bits per heavy atom. The van der Waals surface area contributed by atoms with Gasteiger partial charge in [0.1, 0.15) is 17.2 Å². The largest absolute Gasteiger partial charge is 0.466 e. The van der Waals surface area contributed by atoms with Crippen LogP contribution in [-0.4, -0.2) is 30.3 Å². The fraction of sp³-hybridized carbons (Fsp3) is 0.611. The molecule has 24 heavy (non-hydrogen) atoms. The van der Waals surface area contributed by atoms with Crippen molar-refractivity contribution in [2.75, 3.05) is 13.2 Å². The molecule has 1 fully saturated rings. The number of ether oxygens (including phenoxy) is 1. The molecule has 1 aliphatic carbocycles. The molecule has 134 valence electrons. The van der Waals surface area contributed by atoms with Gasteiger partial charge in [-0.15, -0.1) is 0 Å². The number of aliphatic hydroxyl groups is 1. The van der Waals surface area contributed by atoms with E-state index in [2.05, 4.69) is 5.32 Å². The van der Waals surface area contributed by atoms with E-state index >= 15 is 0 Å². The third-order valence-corrected chi connectivity index (χ3v) is 4.59. The second kappa shape index (κ2) is 8.03. The number of nitrogens with one attached hydrogen (secondary N) is 1. The maximum Gasteiger partial charge on any atom is 0.308 e.